The Kier molecular flexibility index (Phi) is 3.27. The molecule has 0 radical (unpaired) electrons. The lowest BCUT2D eigenvalue weighted by Gasteiger charge is -2.04. The first-order valence-electron chi connectivity index (χ1n) is 5.44. The Morgan fingerprint density at radius 2 is 2.00 bits per heavy atom. The quantitative estimate of drug-likeness (QED) is 0.701. The Balaban J connectivity index is 2.11. The maximum atomic E-state index is 13.0. The van der Waals surface area contributed by atoms with Crippen molar-refractivity contribution in [3.05, 3.63) is 51.8 Å². The van der Waals surface area contributed by atoms with Crippen LogP contribution >= 0.6 is 0 Å². The number of aromatic amines is 1. The van der Waals surface area contributed by atoms with E-state index in [4.69, 9.17) is 11.5 Å². The van der Waals surface area contributed by atoms with Gasteiger partial charge in [0.15, 0.2) is 0 Å². The standard InChI is InChI=1S/C12H13FN4O/c13-8-3-1-7(5-9(8)14)2-4-11-16-10(15)6-12(18)17-11/h1,3,5-6H,2,4,14H2,(H3,15,16,17,18). The summed E-state index contributed by atoms with van der Waals surface area (Å²) in [5.41, 5.74) is 11.6. The van der Waals surface area contributed by atoms with Crippen LogP contribution < -0.4 is 17.0 Å². The summed E-state index contributed by atoms with van der Waals surface area (Å²) in [6.07, 6.45) is 1.10. The molecule has 0 bridgehead atoms. The Hall–Kier alpha value is -2.37. The number of benzene rings is 1. The van der Waals surface area contributed by atoms with Crippen molar-refractivity contribution >= 4 is 11.5 Å². The second-order valence-corrected chi connectivity index (χ2v) is 3.97. The number of aryl methyl sites for hydroxylation is 2. The van der Waals surface area contributed by atoms with E-state index < -0.39 is 5.82 Å². The van der Waals surface area contributed by atoms with E-state index in [1.165, 1.54) is 12.1 Å². The summed E-state index contributed by atoms with van der Waals surface area (Å²) in [6.45, 7) is 0. The maximum absolute atomic E-state index is 13.0. The van der Waals surface area contributed by atoms with Crippen molar-refractivity contribution in [1.29, 1.82) is 0 Å². The fourth-order valence-electron chi connectivity index (χ4n) is 1.66. The first-order valence-corrected chi connectivity index (χ1v) is 5.44. The molecule has 0 amide bonds. The number of nitrogen functional groups attached to an aromatic ring is 2. The van der Waals surface area contributed by atoms with Gasteiger partial charge < -0.3 is 16.5 Å². The zero-order valence-electron chi connectivity index (χ0n) is 9.61. The molecule has 0 aliphatic carbocycles. The number of nitrogens with zero attached hydrogens (tertiary/aromatic N) is 1. The highest BCUT2D eigenvalue weighted by Gasteiger charge is 2.03. The van der Waals surface area contributed by atoms with Gasteiger partial charge in [-0.2, -0.15) is 0 Å². The molecule has 94 valence electrons. The molecule has 2 aromatic rings. The van der Waals surface area contributed by atoms with E-state index in [0.717, 1.165) is 5.56 Å². The lowest BCUT2D eigenvalue weighted by Crippen LogP contribution is -2.13. The normalized spacial score (nSPS) is 10.5. The molecule has 0 aliphatic heterocycles. The highest BCUT2D eigenvalue weighted by molar-refractivity contribution is 5.42. The van der Waals surface area contributed by atoms with Gasteiger partial charge in [0.25, 0.3) is 5.56 Å². The molecule has 1 heterocycles. The maximum Gasteiger partial charge on any atom is 0.252 e. The molecule has 0 saturated heterocycles. The zero-order chi connectivity index (χ0) is 13.1. The van der Waals surface area contributed by atoms with Gasteiger partial charge in [-0.05, 0) is 24.1 Å². The van der Waals surface area contributed by atoms with Gasteiger partial charge in [0.05, 0.1) is 5.69 Å². The van der Waals surface area contributed by atoms with Gasteiger partial charge in [0.1, 0.15) is 17.5 Å². The second kappa shape index (κ2) is 4.87. The highest BCUT2D eigenvalue weighted by atomic mass is 19.1. The molecule has 0 aliphatic rings. The van der Waals surface area contributed by atoms with Crippen LogP contribution in [0.5, 0.6) is 0 Å². The van der Waals surface area contributed by atoms with Crippen molar-refractivity contribution in [2.75, 3.05) is 11.5 Å². The molecule has 2 rings (SSSR count). The molecular weight excluding hydrogens is 235 g/mol. The van der Waals surface area contributed by atoms with E-state index in [2.05, 4.69) is 9.97 Å². The van der Waals surface area contributed by atoms with E-state index in [1.54, 1.807) is 12.1 Å². The highest BCUT2D eigenvalue weighted by Crippen LogP contribution is 2.13. The van der Waals surface area contributed by atoms with Gasteiger partial charge in [-0.15, -0.1) is 0 Å². The van der Waals surface area contributed by atoms with Crippen LogP contribution in [0.1, 0.15) is 11.4 Å². The third-order valence-corrected chi connectivity index (χ3v) is 2.52. The molecule has 0 spiro atoms. The zero-order valence-corrected chi connectivity index (χ0v) is 9.61. The molecule has 0 fully saturated rings. The lowest BCUT2D eigenvalue weighted by atomic mass is 10.1. The summed E-state index contributed by atoms with van der Waals surface area (Å²) in [5, 5.41) is 0. The summed E-state index contributed by atoms with van der Waals surface area (Å²) in [7, 11) is 0. The van der Waals surface area contributed by atoms with Gasteiger partial charge in [-0.1, -0.05) is 6.07 Å². The van der Waals surface area contributed by atoms with Crippen LogP contribution in [0.25, 0.3) is 0 Å². The van der Waals surface area contributed by atoms with Gasteiger partial charge in [0, 0.05) is 12.5 Å². The molecule has 0 atom stereocenters. The number of hydrogen-bond acceptors (Lipinski definition) is 4. The van der Waals surface area contributed by atoms with Crippen LogP contribution in [0.2, 0.25) is 0 Å². The van der Waals surface area contributed by atoms with Crippen LogP contribution in [-0.2, 0) is 12.8 Å². The SMILES string of the molecule is Nc1cc(=O)[nH]c(CCc2ccc(F)c(N)c2)n1. The monoisotopic (exact) mass is 248 g/mol. The van der Waals surface area contributed by atoms with E-state index in [9.17, 15) is 9.18 Å². The summed E-state index contributed by atoms with van der Waals surface area (Å²) >= 11 is 0. The Bertz CT molecular complexity index is 624. The Labute approximate surface area is 103 Å². The van der Waals surface area contributed by atoms with E-state index in [0.29, 0.717) is 18.7 Å². The van der Waals surface area contributed by atoms with Crippen LogP contribution in [-0.4, -0.2) is 9.97 Å². The van der Waals surface area contributed by atoms with Crippen molar-refractivity contribution in [3.8, 4) is 0 Å². The molecule has 0 saturated carbocycles. The van der Waals surface area contributed by atoms with Crippen molar-refractivity contribution in [2.45, 2.75) is 12.8 Å². The molecule has 5 N–H and O–H groups in total. The molecule has 1 aromatic carbocycles. The second-order valence-electron chi connectivity index (χ2n) is 3.97. The van der Waals surface area contributed by atoms with Gasteiger partial charge in [-0.3, -0.25) is 4.79 Å². The number of hydrogen-bond donors (Lipinski definition) is 3. The number of halogens is 1. The fourth-order valence-corrected chi connectivity index (χ4v) is 1.66. The fraction of sp³-hybridized carbons (Fsp3) is 0.167. The van der Waals surface area contributed by atoms with Crippen molar-refractivity contribution in [2.24, 2.45) is 0 Å². The predicted molar refractivity (Wildman–Crippen MR) is 67.5 cm³/mol. The lowest BCUT2D eigenvalue weighted by molar-refractivity contribution is 0.631. The number of nitrogens with two attached hydrogens (primary N) is 2. The Morgan fingerprint density at radius 3 is 2.67 bits per heavy atom. The average Bonchev–Trinajstić information content (AvgIpc) is 2.29. The smallest absolute Gasteiger partial charge is 0.252 e. The molecule has 0 unspecified atom stereocenters. The topological polar surface area (TPSA) is 97.8 Å². The molecule has 5 nitrogen and oxygen atoms in total. The number of H-pyrrole nitrogens is 1. The summed E-state index contributed by atoms with van der Waals surface area (Å²) < 4.78 is 13.0. The minimum absolute atomic E-state index is 0.113. The molecule has 6 heteroatoms. The van der Waals surface area contributed by atoms with Crippen LogP contribution in [0.3, 0.4) is 0 Å². The first kappa shape index (κ1) is 12.1. The van der Waals surface area contributed by atoms with Crippen molar-refractivity contribution < 1.29 is 4.39 Å². The van der Waals surface area contributed by atoms with Gasteiger partial charge in [0.2, 0.25) is 0 Å². The predicted octanol–water partition coefficient (Wildman–Crippen LogP) is 0.859. The van der Waals surface area contributed by atoms with Gasteiger partial charge in [-0.25, -0.2) is 9.37 Å². The minimum Gasteiger partial charge on any atom is -0.396 e. The van der Waals surface area contributed by atoms with Gasteiger partial charge >= 0.3 is 0 Å². The van der Waals surface area contributed by atoms with E-state index >= 15 is 0 Å². The number of rotatable bonds is 3. The van der Waals surface area contributed by atoms with Crippen LogP contribution in [0.15, 0.2) is 29.1 Å². The summed E-state index contributed by atoms with van der Waals surface area (Å²) in [4.78, 5) is 17.8. The Morgan fingerprint density at radius 1 is 1.22 bits per heavy atom. The molecular formula is C12H13FN4O. The van der Waals surface area contributed by atoms with Crippen LogP contribution in [0.4, 0.5) is 15.9 Å². The first-order chi connectivity index (χ1) is 8.54. The third-order valence-electron chi connectivity index (χ3n) is 2.52. The van der Waals surface area contributed by atoms with Crippen LogP contribution in [0, 0.1) is 5.82 Å². The summed E-state index contributed by atoms with van der Waals surface area (Å²) in [6, 6.07) is 5.76. The van der Waals surface area contributed by atoms with Crippen molar-refractivity contribution in [3.63, 3.8) is 0 Å². The number of aromatic nitrogens is 2. The van der Waals surface area contributed by atoms with E-state index in [-0.39, 0.29) is 17.1 Å². The molecule has 18 heavy (non-hydrogen) atoms. The van der Waals surface area contributed by atoms with E-state index in [1.807, 2.05) is 0 Å². The van der Waals surface area contributed by atoms with Crippen molar-refractivity contribution in [1.82, 2.24) is 9.97 Å². The summed E-state index contributed by atoms with van der Waals surface area (Å²) in [5.74, 6) is 0.254. The number of anilines is 2. The average molecular weight is 248 g/mol. The third kappa shape index (κ3) is 2.85. The minimum atomic E-state index is -0.436. The largest absolute Gasteiger partial charge is 0.396 e. The number of nitrogens with one attached hydrogen (secondary N) is 1. The molecule has 1 aromatic heterocycles.